The van der Waals surface area contributed by atoms with E-state index in [-0.39, 0.29) is 0 Å². The number of anilines is 1. The maximum Gasteiger partial charge on any atom is 0.161 e. The molecule has 0 atom stereocenters. The minimum Gasteiger partial charge on any atom is -0.497 e. The predicted molar refractivity (Wildman–Crippen MR) is 77.9 cm³/mol. The Kier molecular flexibility index (Phi) is 3.02. The molecule has 2 aromatic heterocycles. The molecular weight excluding hydrogens is 252 g/mol. The van der Waals surface area contributed by atoms with E-state index < -0.39 is 0 Å². The number of aromatic nitrogens is 3. The number of nitrogen functional groups attached to an aromatic ring is 1. The first kappa shape index (κ1) is 12.5. The molecule has 0 saturated carbocycles. The third kappa shape index (κ3) is 2.18. The zero-order valence-electron chi connectivity index (χ0n) is 11.5. The summed E-state index contributed by atoms with van der Waals surface area (Å²) in [5.41, 5.74) is 9.68. The van der Waals surface area contributed by atoms with Crippen LogP contribution in [-0.4, -0.2) is 21.7 Å². The van der Waals surface area contributed by atoms with Gasteiger partial charge in [-0.05, 0) is 36.2 Å². The molecule has 2 N–H and O–H groups in total. The van der Waals surface area contributed by atoms with E-state index in [9.17, 15) is 0 Å². The molecular formula is C15H16N4O. The van der Waals surface area contributed by atoms with E-state index in [0.29, 0.717) is 6.42 Å². The average molecular weight is 268 g/mol. The molecule has 102 valence electrons. The molecule has 5 heteroatoms. The van der Waals surface area contributed by atoms with E-state index >= 15 is 0 Å². The van der Waals surface area contributed by atoms with Crippen molar-refractivity contribution in [1.82, 2.24) is 14.6 Å². The van der Waals surface area contributed by atoms with Gasteiger partial charge in [0.1, 0.15) is 11.6 Å². The van der Waals surface area contributed by atoms with Crippen LogP contribution in [0.5, 0.6) is 5.75 Å². The fourth-order valence-electron chi connectivity index (χ4n) is 2.14. The molecule has 0 radical (unpaired) electrons. The van der Waals surface area contributed by atoms with Crippen LogP contribution in [0, 0.1) is 6.92 Å². The van der Waals surface area contributed by atoms with Crippen molar-refractivity contribution in [3.05, 3.63) is 53.5 Å². The Balaban J connectivity index is 1.95. The van der Waals surface area contributed by atoms with Crippen molar-refractivity contribution in [2.75, 3.05) is 12.8 Å². The van der Waals surface area contributed by atoms with Crippen LogP contribution in [0.4, 0.5) is 5.69 Å². The number of fused-ring (bicyclic) bond motifs is 1. The summed E-state index contributed by atoms with van der Waals surface area (Å²) in [5, 5.41) is 8.42. The van der Waals surface area contributed by atoms with E-state index in [1.54, 1.807) is 7.11 Å². The van der Waals surface area contributed by atoms with E-state index in [0.717, 1.165) is 34.0 Å². The molecule has 1 aromatic carbocycles. The number of benzene rings is 1. The van der Waals surface area contributed by atoms with Crippen LogP contribution >= 0.6 is 0 Å². The van der Waals surface area contributed by atoms with Crippen molar-refractivity contribution in [2.45, 2.75) is 13.3 Å². The van der Waals surface area contributed by atoms with Gasteiger partial charge in [0, 0.05) is 12.6 Å². The van der Waals surface area contributed by atoms with Gasteiger partial charge in [0.2, 0.25) is 0 Å². The van der Waals surface area contributed by atoms with Crippen molar-refractivity contribution in [3.8, 4) is 5.75 Å². The van der Waals surface area contributed by atoms with Gasteiger partial charge < -0.3 is 10.5 Å². The van der Waals surface area contributed by atoms with Crippen LogP contribution < -0.4 is 10.5 Å². The third-order valence-electron chi connectivity index (χ3n) is 3.38. The summed E-state index contributed by atoms with van der Waals surface area (Å²) in [6, 6.07) is 9.88. The average Bonchev–Trinajstić information content (AvgIpc) is 2.83. The number of pyridine rings is 1. The second kappa shape index (κ2) is 4.85. The standard InChI is InChI=1S/C15H16N4O/c1-10-7-14-17-18-15(19(14)9-13(10)16)8-11-3-5-12(20-2)6-4-11/h3-7,9H,8,16H2,1-2H3. The third-order valence-corrected chi connectivity index (χ3v) is 3.38. The SMILES string of the molecule is COc1ccc(Cc2nnc3cc(C)c(N)cn23)cc1. The van der Waals surface area contributed by atoms with Gasteiger partial charge in [-0.1, -0.05) is 12.1 Å². The van der Waals surface area contributed by atoms with E-state index in [1.807, 2.05) is 47.9 Å². The molecule has 0 fully saturated rings. The number of rotatable bonds is 3. The fraction of sp³-hybridized carbons (Fsp3) is 0.200. The number of nitrogens with two attached hydrogens (primary N) is 1. The Morgan fingerprint density at radius 3 is 2.65 bits per heavy atom. The number of hydrogen-bond donors (Lipinski definition) is 1. The Hall–Kier alpha value is -2.56. The van der Waals surface area contributed by atoms with Gasteiger partial charge >= 0.3 is 0 Å². The number of hydrogen-bond acceptors (Lipinski definition) is 4. The number of methoxy groups -OCH3 is 1. The van der Waals surface area contributed by atoms with Gasteiger partial charge in [-0.15, -0.1) is 10.2 Å². The van der Waals surface area contributed by atoms with Crippen LogP contribution in [0.3, 0.4) is 0 Å². The maximum absolute atomic E-state index is 5.95. The first-order valence-electron chi connectivity index (χ1n) is 6.40. The molecule has 0 aliphatic heterocycles. The topological polar surface area (TPSA) is 65.4 Å². The summed E-state index contributed by atoms with van der Waals surface area (Å²) in [5.74, 6) is 1.72. The normalized spacial score (nSPS) is 10.9. The van der Waals surface area contributed by atoms with Crippen LogP contribution in [-0.2, 0) is 6.42 Å². The lowest BCUT2D eigenvalue weighted by molar-refractivity contribution is 0.414. The highest BCUT2D eigenvalue weighted by atomic mass is 16.5. The zero-order valence-corrected chi connectivity index (χ0v) is 11.5. The Morgan fingerprint density at radius 2 is 1.95 bits per heavy atom. The van der Waals surface area contributed by atoms with Gasteiger partial charge in [0.25, 0.3) is 0 Å². The highest BCUT2D eigenvalue weighted by Crippen LogP contribution is 2.17. The molecule has 5 nitrogen and oxygen atoms in total. The lowest BCUT2D eigenvalue weighted by Gasteiger charge is -2.05. The molecule has 0 amide bonds. The molecule has 2 heterocycles. The summed E-state index contributed by atoms with van der Waals surface area (Å²) >= 11 is 0. The Labute approximate surface area is 117 Å². The van der Waals surface area contributed by atoms with Crippen LogP contribution in [0.1, 0.15) is 17.0 Å². The van der Waals surface area contributed by atoms with Gasteiger partial charge in [0.15, 0.2) is 5.65 Å². The van der Waals surface area contributed by atoms with Crippen molar-refractivity contribution >= 4 is 11.3 Å². The smallest absolute Gasteiger partial charge is 0.161 e. The molecule has 0 unspecified atom stereocenters. The fourth-order valence-corrected chi connectivity index (χ4v) is 2.14. The monoisotopic (exact) mass is 268 g/mol. The minimum absolute atomic E-state index is 0.702. The minimum atomic E-state index is 0.702. The van der Waals surface area contributed by atoms with Crippen molar-refractivity contribution in [3.63, 3.8) is 0 Å². The molecule has 3 rings (SSSR count). The van der Waals surface area contributed by atoms with Crippen LogP contribution in [0.25, 0.3) is 5.65 Å². The molecule has 20 heavy (non-hydrogen) atoms. The van der Waals surface area contributed by atoms with E-state index in [1.165, 1.54) is 0 Å². The van der Waals surface area contributed by atoms with Gasteiger partial charge in [-0.2, -0.15) is 0 Å². The van der Waals surface area contributed by atoms with Gasteiger partial charge in [0.05, 0.1) is 12.8 Å². The summed E-state index contributed by atoms with van der Waals surface area (Å²) < 4.78 is 7.09. The zero-order chi connectivity index (χ0) is 14.1. The number of aryl methyl sites for hydroxylation is 1. The second-order valence-corrected chi connectivity index (χ2v) is 4.78. The summed E-state index contributed by atoms with van der Waals surface area (Å²) in [4.78, 5) is 0. The van der Waals surface area contributed by atoms with Gasteiger partial charge in [-0.3, -0.25) is 4.40 Å². The highest BCUT2D eigenvalue weighted by molar-refractivity contribution is 5.53. The van der Waals surface area contributed by atoms with Crippen LogP contribution in [0.15, 0.2) is 36.5 Å². The summed E-state index contributed by atoms with van der Waals surface area (Å²) in [6.45, 7) is 1.97. The molecule has 0 bridgehead atoms. The Bertz CT molecular complexity index is 746. The summed E-state index contributed by atoms with van der Waals surface area (Å²) in [7, 11) is 1.66. The first-order chi connectivity index (χ1) is 9.67. The van der Waals surface area contributed by atoms with Crippen LogP contribution in [0.2, 0.25) is 0 Å². The highest BCUT2D eigenvalue weighted by Gasteiger charge is 2.08. The lowest BCUT2D eigenvalue weighted by atomic mass is 10.1. The molecule has 0 aliphatic rings. The van der Waals surface area contributed by atoms with Crippen molar-refractivity contribution < 1.29 is 4.74 Å². The first-order valence-corrected chi connectivity index (χ1v) is 6.40. The van der Waals surface area contributed by atoms with E-state index in [4.69, 9.17) is 10.5 Å². The largest absolute Gasteiger partial charge is 0.497 e. The molecule has 3 aromatic rings. The van der Waals surface area contributed by atoms with Gasteiger partial charge in [-0.25, -0.2) is 0 Å². The predicted octanol–water partition coefficient (Wildman–Crippen LogP) is 2.22. The quantitative estimate of drug-likeness (QED) is 0.791. The lowest BCUT2D eigenvalue weighted by Crippen LogP contribution is -1.99. The summed E-state index contributed by atoms with van der Waals surface area (Å²) in [6.07, 6.45) is 2.58. The molecule has 0 saturated heterocycles. The number of ether oxygens (including phenoxy) is 1. The maximum atomic E-state index is 5.95. The Morgan fingerprint density at radius 1 is 1.20 bits per heavy atom. The van der Waals surface area contributed by atoms with E-state index in [2.05, 4.69) is 10.2 Å². The molecule has 0 spiro atoms. The van der Waals surface area contributed by atoms with Crippen molar-refractivity contribution in [2.24, 2.45) is 0 Å². The number of nitrogens with zero attached hydrogens (tertiary/aromatic N) is 3. The molecule has 0 aliphatic carbocycles. The second-order valence-electron chi connectivity index (χ2n) is 4.78. The van der Waals surface area contributed by atoms with Crippen molar-refractivity contribution in [1.29, 1.82) is 0 Å².